The topological polar surface area (TPSA) is 50.3 Å². The molecule has 2 heterocycles. The predicted octanol–water partition coefficient (Wildman–Crippen LogP) is 0.754. The van der Waals surface area contributed by atoms with Crippen LogP contribution in [0.4, 0.5) is 0 Å². The second-order valence-electron chi connectivity index (χ2n) is 6.26. The summed E-state index contributed by atoms with van der Waals surface area (Å²) in [6.07, 6.45) is 1.97. The van der Waals surface area contributed by atoms with Crippen molar-refractivity contribution in [1.29, 1.82) is 0 Å². The van der Waals surface area contributed by atoms with Crippen LogP contribution in [-0.2, 0) is 7.05 Å². The van der Waals surface area contributed by atoms with E-state index in [1.54, 1.807) is 0 Å². The minimum absolute atomic E-state index is 0.196. The number of aryl methyl sites for hydroxylation is 1. The summed E-state index contributed by atoms with van der Waals surface area (Å²) in [6, 6.07) is 0.279. The molecule has 0 aliphatic carbocycles. The van der Waals surface area contributed by atoms with Crippen LogP contribution in [-0.4, -0.2) is 58.3 Å². The summed E-state index contributed by atoms with van der Waals surface area (Å²) in [7, 11) is 4.18. The zero-order valence-corrected chi connectivity index (χ0v) is 12.8. The van der Waals surface area contributed by atoms with Gasteiger partial charge in [-0.3, -0.25) is 14.5 Å². The van der Waals surface area contributed by atoms with Crippen molar-refractivity contribution < 1.29 is 0 Å². The Morgan fingerprint density at radius 1 is 1.37 bits per heavy atom. The van der Waals surface area contributed by atoms with Gasteiger partial charge in [0.2, 0.25) is 0 Å². The minimum Gasteiger partial charge on any atom is -0.329 e. The standard InChI is InChI=1S/C14H27N5/c1-11-12(9-16-18(11)5)13(8-15)19-7-6-17(4)14(2,3)10-19/h9,13H,6-8,10,15H2,1-5H3. The third-order valence-electron chi connectivity index (χ3n) is 4.64. The molecule has 1 unspecified atom stereocenters. The van der Waals surface area contributed by atoms with E-state index >= 15 is 0 Å². The quantitative estimate of drug-likeness (QED) is 0.876. The lowest BCUT2D eigenvalue weighted by Crippen LogP contribution is -2.58. The fourth-order valence-electron chi connectivity index (χ4n) is 2.86. The third-order valence-corrected chi connectivity index (χ3v) is 4.64. The first kappa shape index (κ1) is 14.5. The number of nitrogens with two attached hydrogens (primary N) is 1. The molecule has 0 bridgehead atoms. The molecule has 2 N–H and O–H groups in total. The summed E-state index contributed by atoms with van der Waals surface area (Å²) in [5.74, 6) is 0. The Kier molecular flexibility index (Phi) is 3.99. The molecule has 108 valence electrons. The van der Waals surface area contributed by atoms with Crippen LogP contribution >= 0.6 is 0 Å². The molecule has 1 aliphatic heterocycles. The van der Waals surface area contributed by atoms with Gasteiger partial charge in [-0.15, -0.1) is 0 Å². The average molecular weight is 265 g/mol. The van der Waals surface area contributed by atoms with Crippen LogP contribution in [0, 0.1) is 6.92 Å². The third kappa shape index (κ3) is 2.68. The van der Waals surface area contributed by atoms with Gasteiger partial charge in [0.1, 0.15) is 0 Å². The molecule has 0 radical (unpaired) electrons. The van der Waals surface area contributed by atoms with Crippen molar-refractivity contribution in [2.24, 2.45) is 12.8 Å². The van der Waals surface area contributed by atoms with Crippen molar-refractivity contribution in [3.8, 4) is 0 Å². The van der Waals surface area contributed by atoms with E-state index in [0.717, 1.165) is 19.6 Å². The fourth-order valence-corrected chi connectivity index (χ4v) is 2.86. The molecule has 2 rings (SSSR count). The summed E-state index contributed by atoms with van der Waals surface area (Å²) < 4.78 is 1.93. The number of aromatic nitrogens is 2. The SMILES string of the molecule is Cc1c(C(CN)N2CCN(C)C(C)(C)C2)cnn1C. The minimum atomic E-state index is 0.196. The molecule has 0 saturated carbocycles. The first-order chi connectivity index (χ1) is 8.86. The van der Waals surface area contributed by atoms with E-state index in [1.165, 1.54) is 11.3 Å². The van der Waals surface area contributed by atoms with Crippen LogP contribution in [0.1, 0.15) is 31.1 Å². The van der Waals surface area contributed by atoms with Crippen molar-refractivity contribution in [2.45, 2.75) is 32.4 Å². The monoisotopic (exact) mass is 265 g/mol. The summed E-state index contributed by atoms with van der Waals surface area (Å²) in [6.45, 7) is 10.5. The highest BCUT2D eigenvalue weighted by Gasteiger charge is 2.35. The molecule has 5 heteroatoms. The molecule has 1 aromatic heterocycles. The van der Waals surface area contributed by atoms with Crippen molar-refractivity contribution >= 4 is 0 Å². The van der Waals surface area contributed by atoms with Crippen molar-refractivity contribution in [1.82, 2.24) is 19.6 Å². The van der Waals surface area contributed by atoms with Gasteiger partial charge >= 0.3 is 0 Å². The van der Waals surface area contributed by atoms with Gasteiger partial charge in [0.05, 0.1) is 12.2 Å². The zero-order chi connectivity index (χ0) is 14.2. The first-order valence-corrected chi connectivity index (χ1v) is 7.00. The van der Waals surface area contributed by atoms with Crippen molar-refractivity contribution in [3.63, 3.8) is 0 Å². The maximum atomic E-state index is 6.04. The smallest absolute Gasteiger partial charge is 0.0540 e. The summed E-state index contributed by atoms with van der Waals surface area (Å²) in [4.78, 5) is 4.93. The Hall–Kier alpha value is -0.910. The lowest BCUT2D eigenvalue weighted by molar-refractivity contribution is 0.0179. The van der Waals surface area contributed by atoms with Crippen molar-refractivity contribution in [3.05, 3.63) is 17.5 Å². The number of nitrogens with zero attached hydrogens (tertiary/aromatic N) is 4. The maximum absolute atomic E-state index is 6.04. The van der Waals surface area contributed by atoms with Crippen LogP contribution in [0.15, 0.2) is 6.20 Å². The Balaban J connectivity index is 2.21. The molecule has 1 atom stereocenters. The average Bonchev–Trinajstić information content (AvgIpc) is 2.67. The second-order valence-corrected chi connectivity index (χ2v) is 6.26. The van der Waals surface area contributed by atoms with Crippen molar-refractivity contribution in [2.75, 3.05) is 33.2 Å². The normalized spacial score (nSPS) is 22.6. The van der Waals surface area contributed by atoms with Gasteiger partial charge in [-0.1, -0.05) is 0 Å². The van der Waals surface area contributed by atoms with Crippen LogP contribution in [0.5, 0.6) is 0 Å². The maximum Gasteiger partial charge on any atom is 0.0540 e. The van der Waals surface area contributed by atoms with E-state index < -0.39 is 0 Å². The molecule has 1 fully saturated rings. The highest BCUT2D eigenvalue weighted by molar-refractivity contribution is 5.21. The molecule has 1 aliphatic rings. The molecule has 1 saturated heterocycles. The van der Waals surface area contributed by atoms with Crippen LogP contribution in [0.25, 0.3) is 0 Å². The van der Waals surface area contributed by atoms with Gasteiger partial charge in [-0.25, -0.2) is 0 Å². The molecule has 5 nitrogen and oxygen atoms in total. The van der Waals surface area contributed by atoms with Gasteiger partial charge in [-0.2, -0.15) is 5.10 Å². The summed E-state index contributed by atoms with van der Waals surface area (Å²) in [5.41, 5.74) is 8.72. The van der Waals surface area contributed by atoms with Gasteiger partial charge in [0.15, 0.2) is 0 Å². The molecule has 19 heavy (non-hydrogen) atoms. The molecular weight excluding hydrogens is 238 g/mol. The van der Waals surface area contributed by atoms with E-state index in [9.17, 15) is 0 Å². The first-order valence-electron chi connectivity index (χ1n) is 7.00. The van der Waals surface area contributed by atoms with E-state index in [-0.39, 0.29) is 11.6 Å². The lowest BCUT2D eigenvalue weighted by atomic mass is 9.96. The molecule has 0 spiro atoms. The highest BCUT2D eigenvalue weighted by Crippen LogP contribution is 2.28. The Morgan fingerprint density at radius 2 is 2.05 bits per heavy atom. The lowest BCUT2D eigenvalue weighted by Gasteiger charge is -2.47. The Labute approximate surface area is 116 Å². The largest absolute Gasteiger partial charge is 0.329 e. The molecule has 0 amide bonds. The number of piperazine rings is 1. The van der Waals surface area contributed by atoms with Crippen LogP contribution in [0.3, 0.4) is 0 Å². The molecule has 0 aromatic carbocycles. The number of likely N-dealkylation sites (N-methyl/N-ethyl adjacent to an activating group) is 1. The van der Waals surface area contributed by atoms with Gasteiger partial charge in [0.25, 0.3) is 0 Å². The van der Waals surface area contributed by atoms with Gasteiger partial charge in [0, 0.05) is 50.0 Å². The number of hydrogen-bond acceptors (Lipinski definition) is 4. The number of hydrogen-bond donors (Lipinski definition) is 1. The molecule has 1 aromatic rings. The van der Waals surface area contributed by atoms with E-state index in [4.69, 9.17) is 5.73 Å². The summed E-state index contributed by atoms with van der Waals surface area (Å²) in [5, 5.41) is 4.36. The molecular formula is C14H27N5. The zero-order valence-electron chi connectivity index (χ0n) is 12.8. The van der Waals surface area contributed by atoms with Gasteiger partial charge in [-0.05, 0) is 27.8 Å². The fraction of sp³-hybridized carbons (Fsp3) is 0.786. The highest BCUT2D eigenvalue weighted by atomic mass is 15.3. The Morgan fingerprint density at radius 3 is 2.53 bits per heavy atom. The Bertz CT molecular complexity index is 437. The van der Waals surface area contributed by atoms with Crippen LogP contribution < -0.4 is 5.73 Å². The van der Waals surface area contributed by atoms with E-state index in [0.29, 0.717) is 6.54 Å². The predicted molar refractivity (Wildman–Crippen MR) is 78.0 cm³/mol. The van der Waals surface area contributed by atoms with Crippen LogP contribution in [0.2, 0.25) is 0 Å². The number of rotatable bonds is 3. The second kappa shape index (κ2) is 5.23. The van der Waals surface area contributed by atoms with E-state index in [1.807, 2.05) is 17.9 Å². The summed E-state index contributed by atoms with van der Waals surface area (Å²) >= 11 is 0. The van der Waals surface area contributed by atoms with Gasteiger partial charge < -0.3 is 5.73 Å². The van der Waals surface area contributed by atoms with E-state index in [2.05, 4.69) is 42.7 Å².